The monoisotopic (exact) mass is 250 g/mol. The number of benzene rings is 1. The fourth-order valence-electron chi connectivity index (χ4n) is 1.63. The van der Waals surface area contributed by atoms with Gasteiger partial charge >= 0.3 is 0 Å². The van der Waals surface area contributed by atoms with E-state index >= 15 is 0 Å². The number of nitrogens with two attached hydrogens (primary N) is 1. The zero-order valence-electron chi connectivity index (χ0n) is 10.1. The molecule has 0 atom stereocenters. The van der Waals surface area contributed by atoms with Crippen molar-refractivity contribution in [2.24, 2.45) is 5.73 Å². The highest BCUT2D eigenvalue weighted by Crippen LogP contribution is 2.03. The number of hydrogen-bond acceptors (Lipinski definition) is 2. The minimum absolute atomic E-state index is 0.0749. The summed E-state index contributed by atoms with van der Waals surface area (Å²) in [5, 5.41) is 0. The molecule has 0 aromatic heterocycles. The highest BCUT2D eigenvalue weighted by molar-refractivity contribution is 7.80. The molecule has 4 heteroatoms. The van der Waals surface area contributed by atoms with Gasteiger partial charge in [-0.2, -0.15) is 0 Å². The topological polar surface area (TPSA) is 46.3 Å². The number of carbonyl (C=O) groups excluding carboxylic acids is 1. The molecule has 0 aliphatic carbocycles. The standard InChI is InChI=1S/C13H18N2OS/c1-2-8-15(10-12(14)17)13(16)9-11-6-4-3-5-7-11/h3-7H,2,8-10H2,1H3,(H2,14,17). The van der Waals surface area contributed by atoms with Gasteiger partial charge < -0.3 is 10.6 Å². The van der Waals surface area contributed by atoms with E-state index in [0.29, 0.717) is 24.5 Å². The molecule has 0 fully saturated rings. The van der Waals surface area contributed by atoms with Crippen LogP contribution in [0.4, 0.5) is 0 Å². The molecular weight excluding hydrogens is 232 g/mol. The first-order valence-corrected chi connectivity index (χ1v) is 6.14. The second-order valence-electron chi connectivity index (χ2n) is 3.94. The molecule has 0 saturated heterocycles. The van der Waals surface area contributed by atoms with Crippen molar-refractivity contribution in [2.75, 3.05) is 13.1 Å². The molecule has 1 rings (SSSR count). The molecule has 1 aromatic carbocycles. The van der Waals surface area contributed by atoms with Gasteiger partial charge in [-0.3, -0.25) is 4.79 Å². The van der Waals surface area contributed by atoms with E-state index < -0.39 is 0 Å². The van der Waals surface area contributed by atoms with Crippen molar-refractivity contribution in [3.05, 3.63) is 35.9 Å². The third kappa shape index (κ3) is 4.95. The van der Waals surface area contributed by atoms with Gasteiger partial charge in [-0.05, 0) is 12.0 Å². The molecule has 17 heavy (non-hydrogen) atoms. The Morgan fingerprint density at radius 3 is 2.53 bits per heavy atom. The molecular formula is C13H18N2OS. The molecule has 0 unspecified atom stereocenters. The van der Waals surface area contributed by atoms with Crippen molar-refractivity contribution >= 4 is 23.1 Å². The summed E-state index contributed by atoms with van der Waals surface area (Å²) in [6, 6.07) is 9.69. The van der Waals surface area contributed by atoms with Crippen molar-refractivity contribution in [3.63, 3.8) is 0 Å². The molecule has 0 saturated carbocycles. The van der Waals surface area contributed by atoms with E-state index in [4.69, 9.17) is 18.0 Å². The number of amides is 1. The van der Waals surface area contributed by atoms with Gasteiger partial charge in [-0.15, -0.1) is 0 Å². The summed E-state index contributed by atoms with van der Waals surface area (Å²) in [6.07, 6.45) is 1.31. The van der Waals surface area contributed by atoms with E-state index in [9.17, 15) is 4.79 Å². The quantitative estimate of drug-likeness (QED) is 0.782. The van der Waals surface area contributed by atoms with Crippen LogP contribution in [-0.4, -0.2) is 28.9 Å². The van der Waals surface area contributed by atoms with Gasteiger partial charge in [0.2, 0.25) is 5.91 Å². The minimum atomic E-state index is 0.0749. The molecule has 0 aliphatic rings. The molecule has 0 heterocycles. The fraction of sp³-hybridized carbons (Fsp3) is 0.385. The van der Waals surface area contributed by atoms with Crippen LogP contribution < -0.4 is 5.73 Å². The van der Waals surface area contributed by atoms with Crippen molar-refractivity contribution in [1.82, 2.24) is 4.90 Å². The fourth-order valence-corrected chi connectivity index (χ4v) is 1.79. The van der Waals surface area contributed by atoms with Gasteiger partial charge in [0.05, 0.1) is 18.0 Å². The lowest BCUT2D eigenvalue weighted by atomic mass is 10.1. The molecule has 1 aromatic rings. The Morgan fingerprint density at radius 2 is 2.00 bits per heavy atom. The van der Waals surface area contributed by atoms with E-state index in [0.717, 1.165) is 12.0 Å². The van der Waals surface area contributed by atoms with Gasteiger partial charge in [-0.25, -0.2) is 0 Å². The molecule has 92 valence electrons. The molecule has 0 aliphatic heterocycles. The molecule has 3 nitrogen and oxygen atoms in total. The first-order valence-electron chi connectivity index (χ1n) is 5.73. The number of nitrogens with zero attached hydrogens (tertiary/aromatic N) is 1. The Bertz CT molecular complexity index is 378. The average Bonchev–Trinajstić information content (AvgIpc) is 2.29. The Hall–Kier alpha value is -1.42. The zero-order valence-corrected chi connectivity index (χ0v) is 10.9. The second kappa shape index (κ2) is 7.01. The van der Waals surface area contributed by atoms with Crippen LogP contribution in [0.25, 0.3) is 0 Å². The van der Waals surface area contributed by atoms with Crippen LogP contribution in [0.15, 0.2) is 30.3 Å². The Morgan fingerprint density at radius 1 is 1.35 bits per heavy atom. The summed E-state index contributed by atoms with van der Waals surface area (Å²) in [5.74, 6) is 0.0749. The normalized spacial score (nSPS) is 9.94. The lowest BCUT2D eigenvalue weighted by molar-refractivity contribution is -0.129. The molecule has 0 radical (unpaired) electrons. The van der Waals surface area contributed by atoms with Crippen molar-refractivity contribution in [3.8, 4) is 0 Å². The van der Waals surface area contributed by atoms with E-state index in [1.165, 1.54) is 0 Å². The number of rotatable bonds is 6. The van der Waals surface area contributed by atoms with E-state index in [2.05, 4.69) is 0 Å². The molecule has 0 bridgehead atoms. The van der Waals surface area contributed by atoms with Gasteiger partial charge in [0, 0.05) is 6.54 Å². The predicted molar refractivity (Wildman–Crippen MR) is 73.8 cm³/mol. The molecule has 1 amide bonds. The summed E-state index contributed by atoms with van der Waals surface area (Å²) in [4.78, 5) is 14.1. The van der Waals surface area contributed by atoms with Crippen molar-refractivity contribution in [2.45, 2.75) is 19.8 Å². The summed E-state index contributed by atoms with van der Waals surface area (Å²) >= 11 is 4.85. The number of carbonyl (C=O) groups is 1. The first kappa shape index (κ1) is 13.6. The SMILES string of the molecule is CCCN(CC(N)=S)C(=O)Cc1ccccc1. The van der Waals surface area contributed by atoms with Crippen LogP contribution in [0, 0.1) is 0 Å². The van der Waals surface area contributed by atoms with E-state index in [1.54, 1.807) is 4.90 Å². The minimum Gasteiger partial charge on any atom is -0.392 e. The van der Waals surface area contributed by atoms with E-state index in [1.807, 2.05) is 37.3 Å². The maximum absolute atomic E-state index is 12.0. The Balaban J connectivity index is 2.62. The Kier molecular flexibility index (Phi) is 5.63. The van der Waals surface area contributed by atoms with E-state index in [-0.39, 0.29) is 5.91 Å². The lowest BCUT2D eigenvalue weighted by Crippen LogP contribution is -2.39. The van der Waals surface area contributed by atoms with Gasteiger partial charge in [0.1, 0.15) is 0 Å². The van der Waals surface area contributed by atoms with Crippen LogP contribution in [-0.2, 0) is 11.2 Å². The molecule has 0 spiro atoms. The zero-order chi connectivity index (χ0) is 12.7. The third-order valence-electron chi connectivity index (χ3n) is 2.39. The van der Waals surface area contributed by atoms with Crippen LogP contribution in [0.2, 0.25) is 0 Å². The predicted octanol–water partition coefficient (Wildman–Crippen LogP) is 1.75. The number of thiocarbonyl (C=S) groups is 1. The van der Waals surface area contributed by atoms with Crippen LogP contribution >= 0.6 is 12.2 Å². The summed E-state index contributed by atoms with van der Waals surface area (Å²) < 4.78 is 0. The number of hydrogen-bond donors (Lipinski definition) is 1. The highest BCUT2D eigenvalue weighted by Gasteiger charge is 2.13. The van der Waals surface area contributed by atoms with Crippen molar-refractivity contribution in [1.29, 1.82) is 0 Å². The van der Waals surface area contributed by atoms with Crippen molar-refractivity contribution < 1.29 is 4.79 Å². The summed E-state index contributed by atoms with van der Waals surface area (Å²) in [5.41, 5.74) is 6.51. The maximum atomic E-state index is 12.0. The first-order chi connectivity index (χ1) is 8.13. The molecule has 2 N–H and O–H groups in total. The summed E-state index contributed by atoms with van der Waals surface area (Å²) in [7, 11) is 0. The second-order valence-corrected chi connectivity index (χ2v) is 4.47. The van der Waals surface area contributed by atoms with Crippen LogP contribution in [0.3, 0.4) is 0 Å². The lowest BCUT2D eigenvalue weighted by Gasteiger charge is -2.21. The smallest absolute Gasteiger partial charge is 0.227 e. The largest absolute Gasteiger partial charge is 0.392 e. The van der Waals surface area contributed by atoms with Gasteiger partial charge in [0.25, 0.3) is 0 Å². The maximum Gasteiger partial charge on any atom is 0.227 e. The highest BCUT2D eigenvalue weighted by atomic mass is 32.1. The average molecular weight is 250 g/mol. The van der Waals surface area contributed by atoms with Gasteiger partial charge in [0.15, 0.2) is 0 Å². The third-order valence-corrected chi connectivity index (χ3v) is 2.52. The Labute approximate surface area is 108 Å². The van der Waals surface area contributed by atoms with Crippen LogP contribution in [0.5, 0.6) is 0 Å². The summed E-state index contributed by atoms with van der Waals surface area (Å²) in [6.45, 7) is 3.10. The van der Waals surface area contributed by atoms with Crippen LogP contribution in [0.1, 0.15) is 18.9 Å². The van der Waals surface area contributed by atoms with Gasteiger partial charge in [-0.1, -0.05) is 49.5 Å².